The fourth-order valence-corrected chi connectivity index (χ4v) is 10.1. The van der Waals surface area contributed by atoms with Gasteiger partial charge >= 0.3 is 0 Å². The highest BCUT2D eigenvalue weighted by Gasteiger charge is 2.41. The zero-order valence-corrected chi connectivity index (χ0v) is 53.4. The van der Waals surface area contributed by atoms with Gasteiger partial charge in [-0.2, -0.15) is 0 Å². The van der Waals surface area contributed by atoms with Gasteiger partial charge in [0.05, 0.1) is 0 Å². The van der Waals surface area contributed by atoms with Gasteiger partial charge in [0.15, 0.2) is 0 Å². The van der Waals surface area contributed by atoms with Crippen LogP contribution < -0.4 is 47.9 Å². The van der Waals surface area contributed by atoms with E-state index in [1.54, 1.807) is 23.2 Å². The van der Waals surface area contributed by atoms with Crippen molar-refractivity contribution in [1.29, 1.82) is 0 Å². The van der Waals surface area contributed by atoms with Gasteiger partial charge in [-0.15, -0.1) is 0 Å². The Kier molecular flexibility index (Phi) is 28.3. The van der Waals surface area contributed by atoms with Crippen molar-refractivity contribution in [3.05, 3.63) is 36.0 Å². The first-order chi connectivity index (χ1) is 39.2. The van der Waals surface area contributed by atoms with Crippen molar-refractivity contribution in [3.63, 3.8) is 0 Å². The van der Waals surface area contributed by atoms with E-state index >= 15 is 0 Å². The number of nitrogens with one attached hydrogen (secondary N) is 10. The fourth-order valence-electron chi connectivity index (χ4n) is 10.1. The second-order valence-electron chi connectivity index (χ2n) is 26.1. The molecular weight excluding hydrogens is 1070 g/mol. The molecule has 472 valence electrons. The molecule has 1 aromatic carbocycles. The first-order valence-electron chi connectivity index (χ1n) is 30.5. The zero-order valence-electron chi connectivity index (χ0n) is 53.4. The minimum Gasteiger partial charge on any atom is -0.361 e. The van der Waals surface area contributed by atoms with Gasteiger partial charge in [-0.1, -0.05) is 87.0 Å². The number of carbonyl (C=O) groups excluding carboxylic acids is 10. The van der Waals surface area contributed by atoms with Crippen LogP contribution in [0.5, 0.6) is 0 Å². The summed E-state index contributed by atoms with van der Waals surface area (Å²) >= 11 is 0. The van der Waals surface area contributed by atoms with Gasteiger partial charge in [-0.05, 0) is 143 Å². The summed E-state index contributed by atoms with van der Waals surface area (Å²) in [6.07, 6.45) is 9.26. The molecule has 0 bridgehead atoms. The molecule has 1 aliphatic rings. The average Bonchev–Trinajstić information content (AvgIpc) is 4.21. The Labute approximate surface area is 499 Å². The highest BCUT2D eigenvalue weighted by Crippen LogP contribution is 2.24. The maximum absolute atomic E-state index is 14.4. The molecule has 0 aliphatic carbocycles. The molecule has 22 nitrogen and oxygen atoms in total. The Hall–Kier alpha value is -6.58. The monoisotopic (exact) mass is 1180 g/mol. The van der Waals surface area contributed by atoms with Crippen LogP contribution >= 0.6 is 0 Å². The van der Waals surface area contributed by atoms with Crippen LogP contribution in [0.4, 0.5) is 0 Å². The highest BCUT2D eigenvalue weighted by atomic mass is 16.2. The Bertz CT molecular complexity index is 2560. The van der Waals surface area contributed by atoms with Gasteiger partial charge in [0.1, 0.15) is 46.8 Å². The Morgan fingerprint density at radius 3 is 1.69 bits per heavy atom. The summed E-state index contributed by atoms with van der Waals surface area (Å²) in [7, 11) is 3.80. The van der Waals surface area contributed by atoms with E-state index in [1.165, 1.54) is 41.5 Å². The number of likely N-dealkylation sites (N-methyl/N-ethyl adjacent to an activating group) is 1. The van der Waals surface area contributed by atoms with Crippen molar-refractivity contribution in [2.45, 2.75) is 233 Å². The number of hydrogen-bond donors (Lipinski definition) is 10. The third-order valence-electron chi connectivity index (χ3n) is 14.8. The number of likely N-dealkylation sites (tertiary alicyclic amines) is 1. The summed E-state index contributed by atoms with van der Waals surface area (Å²) < 4.78 is 0. The number of H-pyrrole nitrogens is 1. The summed E-state index contributed by atoms with van der Waals surface area (Å²) in [6, 6.07) is 1.83. The standard InChI is InChI=1S/C62H104N12O10/c1-17-18-19-20-21-22-24-45(66-55(80)49-25-23-32-74(49)56(81)43-26-27-44-42(36-43)28-30-63-44)51(76)67-47(34-39(4)5)53(78)70-61(11,12)58(83)69-46(33-38(2)3)52(77)68-48(35-40(6)7)54(79)71-62(13,14)59(84)72-60(9,10)57(82)64-31-29-50(75)65-41(8)37-73(15)16/h26-28,30,36,38-41,45-49,63H,17-25,29,31-35,37H2,1-16H3,(H,64,82)(H,65,75)(H,66,80)(H,67,76)(H,68,77)(H,69,83)(H,70,78)(H,71,79)(H,72,84)/t41-,45-,46-,47-,48-,49-/m0/s1. The van der Waals surface area contributed by atoms with Crippen molar-refractivity contribution in [1.82, 2.24) is 62.6 Å². The lowest BCUT2D eigenvalue weighted by atomic mass is 9.96. The summed E-state index contributed by atoms with van der Waals surface area (Å²) in [5.74, 6) is -5.83. The molecule has 6 atom stereocenters. The van der Waals surface area contributed by atoms with E-state index in [2.05, 4.69) is 59.8 Å². The zero-order chi connectivity index (χ0) is 63.3. The smallest absolute Gasteiger partial charge is 0.254 e. The maximum atomic E-state index is 14.4. The number of aromatic nitrogens is 1. The molecule has 22 heteroatoms. The highest BCUT2D eigenvalue weighted by molar-refractivity contribution is 6.02. The van der Waals surface area contributed by atoms with Crippen LogP contribution in [0.3, 0.4) is 0 Å². The van der Waals surface area contributed by atoms with Gasteiger partial charge < -0.3 is 62.6 Å². The van der Waals surface area contributed by atoms with Crippen molar-refractivity contribution in [3.8, 4) is 0 Å². The molecule has 0 saturated carbocycles. The first kappa shape index (κ1) is 71.7. The quantitative estimate of drug-likeness (QED) is 0.0416. The molecule has 2 heterocycles. The second kappa shape index (κ2) is 33.2. The number of amides is 10. The van der Waals surface area contributed by atoms with Crippen LogP contribution in [-0.2, 0) is 43.2 Å². The van der Waals surface area contributed by atoms with E-state index in [0.29, 0.717) is 44.3 Å². The molecule has 0 radical (unpaired) electrons. The van der Waals surface area contributed by atoms with Crippen LogP contribution in [-0.4, -0.2) is 160 Å². The van der Waals surface area contributed by atoms with Gasteiger partial charge in [0.2, 0.25) is 53.2 Å². The summed E-state index contributed by atoms with van der Waals surface area (Å²) in [4.78, 5) is 145. The number of hydrogen-bond acceptors (Lipinski definition) is 11. The molecule has 3 rings (SSSR count). The van der Waals surface area contributed by atoms with E-state index in [4.69, 9.17) is 0 Å². The molecule has 0 spiro atoms. The normalized spacial score (nSPS) is 15.7. The molecule has 1 aliphatic heterocycles. The summed E-state index contributed by atoms with van der Waals surface area (Å²) in [5.41, 5.74) is -3.34. The van der Waals surface area contributed by atoms with Crippen LogP contribution in [0.1, 0.15) is 191 Å². The molecular formula is C62H104N12O10. The average molecular weight is 1180 g/mol. The van der Waals surface area contributed by atoms with Crippen LogP contribution in [0.2, 0.25) is 0 Å². The van der Waals surface area contributed by atoms with Gasteiger partial charge in [-0.3, -0.25) is 47.9 Å². The third kappa shape index (κ3) is 23.5. The van der Waals surface area contributed by atoms with Gasteiger partial charge in [-0.25, -0.2) is 0 Å². The molecule has 10 N–H and O–H groups in total. The molecule has 2 aromatic rings. The van der Waals surface area contributed by atoms with Gasteiger partial charge in [0, 0.05) is 54.8 Å². The predicted octanol–water partition coefficient (Wildman–Crippen LogP) is 4.86. The summed E-state index contributed by atoms with van der Waals surface area (Å²) in [5, 5.41) is 26.1. The Balaban J connectivity index is 1.74. The molecule has 1 aromatic heterocycles. The maximum Gasteiger partial charge on any atom is 0.254 e. The number of rotatable bonds is 35. The number of benzene rings is 1. The van der Waals surface area contributed by atoms with Crippen LogP contribution in [0.25, 0.3) is 10.9 Å². The summed E-state index contributed by atoms with van der Waals surface area (Å²) in [6.45, 7) is 25.2. The van der Waals surface area contributed by atoms with Crippen LogP contribution in [0.15, 0.2) is 30.5 Å². The topological polar surface area (TPSA) is 301 Å². The van der Waals surface area contributed by atoms with Crippen molar-refractivity contribution in [2.75, 3.05) is 33.7 Å². The van der Waals surface area contributed by atoms with Crippen molar-refractivity contribution < 1.29 is 47.9 Å². The lowest BCUT2D eigenvalue weighted by Crippen LogP contribution is -2.65. The minimum absolute atomic E-state index is 0.0279. The molecule has 10 amide bonds. The van der Waals surface area contributed by atoms with E-state index in [9.17, 15) is 47.9 Å². The number of unbranched alkanes of at least 4 members (excludes halogenated alkanes) is 5. The Morgan fingerprint density at radius 1 is 0.607 bits per heavy atom. The largest absolute Gasteiger partial charge is 0.361 e. The van der Waals surface area contributed by atoms with E-state index in [-0.39, 0.29) is 67.8 Å². The Morgan fingerprint density at radius 2 is 1.13 bits per heavy atom. The third-order valence-corrected chi connectivity index (χ3v) is 14.8. The van der Waals surface area contributed by atoms with E-state index < -0.39 is 94.1 Å². The number of aromatic amines is 1. The minimum atomic E-state index is -1.64. The lowest BCUT2D eigenvalue weighted by molar-refractivity contribution is -0.139. The van der Waals surface area contributed by atoms with Crippen molar-refractivity contribution in [2.24, 2.45) is 17.8 Å². The predicted molar refractivity (Wildman–Crippen MR) is 327 cm³/mol. The van der Waals surface area contributed by atoms with E-state index in [1.807, 2.05) is 79.6 Å². The molecule has 84 heavy (non-hydrogen) atoms. The van der Waals surface area contributed by atoms with Gasteiger partial charge in [0.25, 0.3) is 5.91 Å². The van der Waals surface area contributed by atoms with Crippen LogP contribution in [0, 0.1) is 17.8 Å². The SMILES string of the molecule is CCCCCCCC[C@H](NC(=O)[C@@H]1CCCN1C(=O)c1ccc2[nH]ccc2c1)C(=O)N[C@@H](CC(C)C)C(=O)NC(C)(C)C(=O)N[C@@H](CC(C)C)C(=O)N[C@@H](CC(C)C)C(=O)NC(C)(C)C(=O)NC(C)(C)C(=O)NCCC(=O)N[C@@H](C)CN(C)C. The molecule has 1 saturated heterocycles. The fraction of sp³-hybridized carbons (Fsp3) is 0.710. The van der Waals surface area contributed by atoms with Crippen molar-refractivity contribution >= 4 is 70.0 Å². The number of carbonyl (C=O) groups is 10. The molecule has 1 fully saturated rings. The number of fused-ring (bicyclic) bond motifs is 1. The number of nitrogens with zero attached hydrogens (tertiary/aromatic N) is 2. The van der Waals surface area contributed by atoms with E-state index in [0.717, 1.165) is 43.0 Å². The lowest BCUT2D eigenvalue weighted by Gasteiger charge is -2.34. The molecule has 0 unspecified atom stereocenters. The second-order valence-corrected chi connectivity index (χ2v) is 26.1. The first-order valence-corrected chi connectivity index (χ1v) is 30.5.